The fourth-order valence-corrected chi connectivity index (χ4v) is 1.98. The standard InChI is InChI=1S/C10H11N5OS/c1-6-4-7(11)14-8(13-6)5-17-10-12-3-2-9(16)15-10/h2-4H,5H2,1H3,(H2,11,13,14)(H,12,15,16). The summed E-state index contributed by atoms with van der Waals surface area (Å²) < 4.78 is 0. The van der Waals surface area contributed by atoms with E-state index in [1.54, 1.807) is 6.07 Å². The highest BCUT2D eigenvalue weighted by atomic mass is 32.2. The summed E-state index contributed by atoms with van der Waals surface area (Å²) in [4.78, 5) is 26.0. The summed E-state index contributed by atoms with van der Waals surface area (Å²) >= 11 is 1.36. The lowest BCUT2D eigenvalue weighted by molar-refractivity contribution is 0.929. The predicted octanol–water partition coefficient (Wildman–Crippen LogP) is 0.743. The number of hydrogen-bond donors (Lipinski definition) is 2. The van der Waals surface area contributed by atoms with Crippen LogP contribution >= 0.6 is 11.8 Å². The van der Waals surface area contributed by atoms with Gasteiger partial charge in [0.1, 0.15) is 11.6 Å². The quantitative estimate of drug-likeness (QED) is 0.615. The van der Waals surface area contributed by atoms with E-state index in [9.17, 15) is 4.79 Å². The third-order valence-electron chi connectivity index (χ3n) is 1.91. The molecule has 0 saturated heterocycles. The Morgan fingerprint density at radius 2 is 2.29 bits per heavy atom. The maximum absolute atomic E-state index is 11.0. The van der Waals surface area contributed by atoms with E-state index in [2.05, 4.69) is 19.9 Å². The molecule has 0 spiro atoms. The topological polar surface area (TPSA) is 97.5 Å². The van der Waals surface area contributed by atoms with Gasteiger partial charge in [-0.2, -0.15) is 0 Å². The maximum atomic E-state index is 11.0. The monoisotopic (exact) mass is 249 g/mol. The summed E-state index contributed by atoms with van der Waals surface area (Å²) in [6.45, 7) is 1.86. The van der Waals surface area contributed by atoms with Gasteiger partial charge < -0.3 is 10.7 Å². The largest absolute Gasteiger partial charge is 0.384 e. The second-order valence-electron chi connectivity index (χ2n) is 3.38. The minimum Gasteiger partial charge on any atom is -0.384 e. The van der Waals surface area contributed by atoms with Gasteiger partial charge in [0, 0.05) is 24.0 Å². The smallest absolute Gasteiger partial charge is 0.251 e. The molecule has 0 unspecified atom stereocenters. The molecule has 0 aliphatic carbocycles. The Morgan fingerprint density at radius 3 is 3.00 bits per heavy atom. The first-order valence-electron chi connectivity index (χ1n) is 4.91. The van der Waals surface area contributed by atoms with Crippen LogP contribution in [0.15, 0.2) is 28.3 Å². The van der Waals surface area contributed by atoms with Crippen LogP contribution in [0.5, 0.6) is 0 Å². The van der Waals surface area contributed by atoms with Gasteiger partial charge in [-0.3, -0.25) is 4.79 Å². The van der Waals surface area contributed by atoms with Crippen molar-refractivity contribution in [2.45, 2.75) is 17.8 Å². The lowest BCUT2D eigenvalue weighted by Crippen LogP contribution is -2.06. The SMILES string of the molecule is Cc1cc(N)nc(CSc2nccc(=O)[nH]2)n1. The van der Waals surface area contributed by atoms with Crippen molar-refractivity contribution in [1.29, 1.82) is 0 Å². The van der Waals surface area contributed by atoms with Gasteiger partial charge in [0.25, 0.3) is 5.56 Å². The van der Waals surface area contributed by atoms with Gasteiger partial charge in [-0.05, 0) is 6.92 Å². The number of H-pyrrole nitrogens is 1. The van der Waals surface area contributed by atoms with Gasteiger partial charge in [-0.25, -0.2) is 15.0 Å². The van der Waals surface area contributed by atoms with Crippen LogP contribution in [-0.4, -0.2) is 19.9 Å². The van der Waals surface area contributed by atoms with Crippen LogP contribution in [0.1, 0.15) is 11.5 Å². The number of hydrogen-bond acceptors (Lipinski definition) is 6. The highest BCUT2D eigenvalue weighted by Crippen LogP contribution is 2.16. The van der Waals surface area contributed by atoms with Crippen LogP contribution in [0.25, 0.3) is 0 Å². The van der Waals surface area contributed by atoms with E-state index < -0.39 is 0 Å². The van der Waals surface area contributed by atoms with E-state index in [1.165, 1.54) is 24.0 Å². The van der Waals surface area contributed by atoms with Gasteiger partial charge in [0.2, 0.25) is 0 Å². The van der Waals surface area contributed by atoms with Crippen molar-refractivity contribution in [2.24, 2.45) is 0 Å². The number of thioether (sulfide) groups is 1. The van der Waals surface area contributed by atoms with E-state index in [4.69, 9.17) is 5.73 Å². The Labute approximate surface area is 102 Å². The molecule has 0 aromatic carbocycles. The molecule has 3 N–H and O–H groups in total. The number of anilines is 1. The summed E-state index contributed by atoms with van der Waals surface area (Å²) in [6.07, 6.45) is 1.46. The highest BCUT2D eigenvalue weighted by Gasteiger charge is 2.02. The number of aromatic nitrogens is 4. The molecule has 88 valence electrons. The number of nitrogens with zero attached hydrogens (tertiary/aromatic N) is 3. The fraction of sp³-hybridized carbons (Fsp3) is 0.200. The van der Waals surface area contributed by atoms with Gasteiger partial charge >= 0.3 is 0 Å². The first kappa shape index (κ1) is 11.6. The molecule has 0 fully saturated rings. The van der Waals surface area contributed by atoms with Crippen molar-refractivity contribution >= 4 is 17.6 Å². The second-order valence-corrected chi connectivity index (χ2v) is 4.34. The molecule has 0 bridgehead atoms. The number of rotatable bonds is 3. The molecule has 7 heteroatoms. The Morgan fingerprint density at radius 1 is 1.47 bits per heavy atom. The summed E-state index contributed by atoms with van der Waals surface area (Å²) in [5, 5.41) is 0.543. The molecule has 17 heavy (non-hydrogen) atoms. The zero-order valence-electron chi connectivity index (χ0n) is 9.17. The molecule has 2 aromatic heterocycles. The van der Waals surface area contributed by atoms with E-state index in [0.717, 1.165) is 5.69 Å². The number of aromatic amines is 1. The van der Waals surface area contributed by atoms with Crippen molar-refractivity contribution < 1.29 is 0 Å². The zero-order chi connectivity index (χ0) is 12.3. The van der Waals surface area contributed by atoms with Crippen molar-refractivity contribution in [3.63, 3.8) is 0 Å². The molecular weight excluding hydrogens is 238 g/mol. The predicted molar refractivity (Wildman–Crippen MR) is 65.6 cm³/mol. The lowest BCUT2D eigenvalue weighted by atomic mass is 10.4. The van der Waals surface area contributed by atoms with Crippen LogP contribution in [-0.2, 0) is 5.75 Å². The van der Waals surface area contributed by atoms with E-state index in [-0.39, 0.29) is 5.56 Å². The Kier molecular flexibility index (Phi) is 3.38. The van der Waals surface area contributed by atoms with Gasteiger partial charge in [-0.15, -0.1) is 0 Å². The van der Waals surface area contributed by atoms with Crippen LogP contribution in [0.3, 0.4) is 0 Å². The highest BCUT2D eigenvalue weighted by molar-refractivity contribution is 7.98. The van der Waals surface area contributed by atoms with E-state index in [0.29, 0.717) is 22.6 Å². The third kappa shape index (κ3) is 3.28. The summed E-state index contributed by atoms with van der Waals surface area (Å²) in [7, 11) is 0. The lowest BCUT2D eigenvalue weighted by Gasteiger charge is -2.02. The molecule has 2 heterocycles. The van der Waals surface area contributed by atoms with Crippen molar-refractivity contribution in [1.82, 2.24) is 19.9 Å². The van der Waals surface area contributed by atoms with Crippen molar-refractivity contribution in [3.8, 4) is 0 Å². The summed E-state index contributed by atoms with van der Waals surface area (Å²) in [5.41, 5.74) is 6.27. The molecule has 0 radical (unpaired) electrons. The van der Waals surface area contributed by atoms with Crippen molar-refractivity contribution in [3.05, 3.63) is 40.2 Å². The van der Waals surface area contributed by atoms with E-state index >= 15 is 0 Å². The normalized spacial score (nSPS) is 10.4. The Balaban J connectivity index is 2.09. The second kappa shape index (κ2) is 4.96. The number of aryl methyl sites for hydroxylation is 1. The summed E-state index contributed by atoms with van der Waals surface area (Å²) in [6, 6.07) is 3.07. The minimum atomic E-state index is -0.174. The van der Waals surface area contributed by atoms with Crippen LogP contribution in [0, 0.1) is 6.92 Å². The number of nitrogens with one attached hydrogen (secondary N) is 1. The fourth-order valence-electron chi connectivity index (χ4n) is 1.28. The average Bonchev–Trinajstić information content (AvgIpc) is 2.25. The van der Waals surface area contributed by atoms with Crippen LogP contribution in [0.4, 0.5) is 5.82 Å². The zero-order valence-corrected chi connectivity index (χ0v) is 9.99. The van der Waals surface area contributed by atoms with Gasteiger partial charge in [0.05, 0.1) is 5.75 Å². The molecule has 0 aliphatic heterocycles. The molecule has 6 nitrogen and oxygen atoms in total. The number of nitrogens with two attached hydrogens (primary N) is 1. The molecule has 0 atom stereocenters. The van der Waals surface area contributed by atoms with Crippen LogP contribution < -0.4 is 11.3 Å². The van der Waals surface area contributed by atoms with Crippen molar-refractivity contribution in [2.75, 3.05) is 5.73 Å². The molecule has 0 amide bonds. The first-order valence-corrected chi connectivity index (χ1v) is 5.90. The molecule has 2 aromatic rings. The van der Waals surface area contributed by atoms with Gasteiger partial charge in [0.15, 0.2) is 5.16 Å². The van der Waals surface area contributed by atoms with Crippen LogP contribution in [0.2, 0.25) is 0 Å². The third-order valence-corrected chi connectivity index (χ3v) is 2.79. The Hall–Kier alpha value is -1.89. The summed E-state index contributed by atoms with van der Waals surface area (Å²) in [5.74, 6) is 1.58. The first-order chi connectivity index (χ1) is 8.13. The molecule has 0 aliphatic rings. The Bertz CT molecular complexity index is 563. The molecule has 2 rings (SSSR count). The molecular formula is C10H11N5OS. The molecule has 0 saturated carbocycles. The van der Waals surface area contributed by atoms with Gasteiger partial charge in [-0.1, -0.05) is 11.8 Å². The van der Waals surface area contributed by atoms with E-state index in [1.807, 2.05) is 6.92 Å². The maximum Gasteiger partial charge on any atom is 0.251 e. The minimum absolute atomic E-state index is 0.174. The number of nitrogen functional groups attached to an aromatic ring is 1. The average molecular weight is 249 g/mol.